The molecule has 5 unspecified atom stereocenters. The van der Waals surface area contributed by atoms with Gasteiger partial charge in [-0.1, -0.05) is 65.5 Å². The standard InChI is InChI=1S/C43H76N2O7/c1-30(2)11-10-12-32(5)36-15-16-37-35-14-13-33-29-34(17-19-42(33,8)38(35)18-20-43(36,37)9)51-39(46)44-22-25-48-27-28-49-26-23-45-40(47)52-41(6,7)21-24-50-31(3)4/h13,30-32,34-38H,10-12,14-29H2,1-9H3,(H,44,46)(H,45,47)/t32?,34-,35?,36?,37?,38?,42-,43+/m0/s1. The normalized spacial score (nSPS) is 30.6. The molecule has 2 N–H and O–H groups in total. The van der Waals surface area contributed by atoms with Gasteiger partial charge < -0.3 is 34.3 Å². The third kappa shape index (κ3) is 11.8. The number of fused-ring (bicyclic) bond motifs is 5. The van der Waals surface area contributed by atoms with Crippen LogP contribution in [0.4, 0.5) is 9.59 Å². The van der Waals surface area contributed by atoms with Gasteiger partial charge in [0.05, 0.1) is 39.1 Å². The highest BCUT2D eigenvalue weighted by molar-refractivity contribution is 5.67. The zero-order chi connectivity index (χ0) is 37.9. The van der Waals surface area contributed by atoms with E-state index in [0.717, 1.165) is 54.8 Å². The number of hydrogen-bond donors (Lipinski definition) is 2. The van der Waals surface area contributed by atoms with E-state index in [-0.39, 0.29) is 23.7 Å². The molecule has 0 radical (unpaired) electrons. The van der Waals surface area contributed by atoms with E-state index in [1.165, 1.54) is 51.4 Å². The van der Waals surface area contributed by atoms with Gasteiger partial charge in [0.2, 0.25) is 0 Å². The van der Waals surface area contributed by atoms with Crippen LogP contribution in [0, 0.1) is 46.3 Å². The Hall–Kier alpha value is -1.84. The molecule has 0 aliphatic heterocycles. The molecule has 300 valence electrons. The number of alkyl carbamates (subject to hydrolysis) is 2. The van der Waals surface area contributed by atoms with Crippen LogP contribution < -0.4 is 10.6 Å². The maximum absolute atomic E-state index is 12.7. The summed E-state index contributed by atoms with van der Waals surface area (Å²) in [5.74, 6) is 4.97. The van der Waals surface area contributed by atoms with E-state index >= 15 is 0 Å². The molecule has 0 spiro atoms. The Bertz CT molecular complexity index is 1160. The molecule has 0 aromatic heterocycles. The second-order valence-corrected chi connectivity index (χ2v) is 18.5. The lowest BCUT2D eigenvalue weighted by molar-refractivity contribution is -0.0581. The van der Waals surface area contributed by atoms with Crippen molar-refractivity contribution in [2.45, 2.75) is 157 Å². The van der Waals surface area contributed by atoms with Gasteiger partial charge in [0.25, 0.3) is 0 Å². The highest BCUT2D eigenvalue weighted by Crippen LogP contribution is 2.67. The van der Waals surface area contributed by atoms with Crippen LogP contribution in [-0.2, 0) is 23.7 Å². The van der Waals surface area contributed by atoms with E-state index in [4.69, 9.17) is 23.7 Å². The van der Waals surface area contributed by atoms with Crippen LogP contribution in [-0.4, -0.2) is 76.1 Å². The van der Waals surface area contributed by atoms with Gasteiger partial charge in [0.1, 0.15) is 11.7 Å². The second-order valence-electron chi connectivity index (χ2n) is 18.5. The van der Waals surface area contributed by atoms with Gasteiger partial charge in [-0.3, -0.25) is 0 Å². The first-order valence-electron chi connectivity index (χ1n) is 21.0. The Morgan fingerprint density at radius 2 is 1.54 bits per heavy atom. The molecule has 0 heterocycles. The zero-order valence-corrected chi connectivity index (χ0v) is 34.5. The SMILES string of the molecule is CC(C)CCCC(C)C1CCC2C3CC=C4C[C@@H](OC(=O)NCCOCCOCCNC(=O)OC(C)(C)CCOC(C)C)CC[C@]4(C)C3CC[C@]12C. The van der Waals surface area contributed by atoms with Crippen molar-refractivity contribution in [1.82, 2.24) is 10.6 Å². The zero-order valence-electron chi connectivity index (χ0n) is 34.5. The van der Waals surface area contributed by atoms with E-state index < -0.39 is 11.7 Å². The van der Waals surface area contributed by atoms with Gasteiger partial charge in [0.15, 0.2) is 0 Å². The highest BCUT2D eigenvalue weighted by Gasteiger charge is 2.59. The maximum atomic E-state index is 12.7. The first-order valence-corrected chi connectivity index (χ1v) is 21.0. The summed E-state index contributed by atoms with van der Waals surface area (Å²) in [6.07, 6.45) is 16.3. The summed E-state index contributed by atoms with van der Waals surface area (Å²) >= 11 is 0. The second kappa shape index (κ2) is 19.7. The summed E-state index contributed by atoms with van der Waals surface area (Å²) in [6, 6.07) is 0. The van der Waals surface area contributed by atoms with Crippen molar-refractivity contribution in [1.29, 1.82) is 0 Å². The number of rotatable bonds is 20. The first-order chi connectivity index (χ1) is 24.6. The Morgan fingerprint density at radius 1 is 0.846 bits per heavy atom. The molecule has 0 bridgehead atoms. The van der Waals surface area contributed by atoms with Crippen LogP contribution in [0.2, 0.25) is 0 Å². The Labute approximate surface area is 316 Å². The molecule has 9 nitrogen and oxygen atoms in total. The molecule has 4 rings (SSSR count). The number of allylic oxidation sites excluding steroid dienone is 1. The molecule has 3 fully saturated rings. The molecule has 3 saturated carbocycles. The molecule has 8 atom stereocenters. The van der Waals surface area contributed by atoms with E-state index in [9.17, 15) is 9.59 Å². The molecular formula is C43H76N2O7. The summed E-state index contributed by atoms with van der Waals surface area (Å²) in [5.41, 5.74) is 1.69. The summed E-state index contributed by atoms with van der Waals surface area (Å²) in [4.78, 5) is 24.7. The number of carbonyl (C=O) groups excluding carboxylic acids is 2. The topological polar surface area (TPSA) is 104 Å². The summed E-state index contributed by atoms with van der Waals surface area (Å²) in [6.45, 7) is 23.0. The average molecular weight is 733 g/mol. The lowest BCUT2D eigenvalue weighted by Gasteiger charge is -2.58. The number of ether oxygens (including phenoxy) is 5. The number of carbonyl (C=O) groups is 2. The third-order valence-electron chi connectivity index (χ3n) is 13.5. The molecule has 0 aromatic rings. The molecule has 4 aliphatic rings. The predicted octanol–water partition coefficient (Wildman–Crippen LogP) is 9.48. The Kier molecular flexibility index (Phi) is 16.2. The Morgan fingerprint density at radius 3 is 2.21 bits per heavy atom. The molecule has 0 saturated heterocycles. The summed E-state index contributed by atoms with van der Waals surface area (Å²) < 4.78 is 28.1. The fraction of sp³-hybridized carbons (Fsp3) is 0.907. The first kappa shape index (κ1) is 42.9. The molecule has 52 heavy (non-hydrogen) atoms. The van der Waals surface area contributed by atoms with Crippen LogP contribution in [0.5, 0.6) is 0 Å². The van der Waals surface area contributed by atoms with Crippen molar-refractivity contribution in [3.63, 3.8) is 0 Å². The maximum Gasteiger partial charge on any atom is 0.407 e. The van der Waals surface area contributed by atoms with Crippen molar-refractivity contribution < 1.29 is 33.3 Å². The van der Waals surface area contributed by atoms with Gasteiger partial charge in [-0.2, -0.15) is 0 Å². The van der Waals surface area contributed by atoms with Gasteiger partial charge in [-0.25, -0.2) is 9.59 Å². The summed E-state index contributed by atoms with van der Waals surface area (Å²) in [5, 5.41) is 5.58. The number of hydrogen-bond acceptors (Lipinski definition) is 7. The smallest absolute Gasteiger partial charge is 0.407 e. The fourth-order valence-corrected chi connectivity index (χ4v) is 10.6. The fourth-order valence-electron chi connectivity index (χ4n) is 10.6. The van der Waals surface area contributed by atoms with Crippen LogP contribution in [0.15, 0.2) is 11.6 Å². The average Bonchev–Trinajstić information content (AvgIpc) is 3.42. The Balaban J connectivity index is 1.08. The summed E-state index contributed by atoms with van der Waals surface area (Å²) in [7, 11) is 0. The van der Waals surface area contributed by atoms with Crippen LogP contribution in [0.25, 0.3) is 0 Å². The third-order valence-corrected chi connectivity index (χ3v) is 13.5. The molecule has 4 aliphatic carbocycles. The van der Waals surface area contributed by atoms with Crippen LogP contribution >= 0.6 is 0 Å². The van der Waals surface area contributed by atoms with Gasteiger partial charge in [0, 0.05) is 25.9 Å². The lowest BCUT2D eigenvalue weighted by Crippen LogP contribution is -2.51. The number of amides is 2. The van der Waals surface area contributed by atoms with Gasteiger partial charge in [-0.05, 0) is 119 Å². The van der Waals surface area contributed by atoms with Crippen molar-refractivity contribution >= 4 is 12.2 Å². The van der Waals surface area contributed by atoms with Gasteiger partial charge in [-0.15, -0.1) is 0 Å². The van der Waals surface area contributed by atoms with Crippen molar-refractivity contribution in [3.05, 3.63) is 11.6 Å². The van der Waals surface area contributed by atoms with Crippen LogP contribution in [0.3, 0.4) is 0 Å². The van der Waals surface area contributed by atoms with E-state index in [1.807, 2.05) is 27.7 Å². The minimum absolute atomic E-state index is 0.0579. The van der Waals surface area contributed by atoms with Crippen molar-refractivity contribution in [2.75, 3.05) is 46.1 Å². The van der Waals surface area contributed by atoms with Gasteiger partial charge >= 0.3 is 12.2 Å². The van der Waals surface area contributed by atoms with E-state index in [0.29, 0.717) is 58.0 Å². The molecule has 0 aromatic carbocycles. The van der Waals surface area contributed by atoms with Crippen molar-refractivity contribution in [2.24, 2.45) is 46.3 Å². The van der Waals surface area contributed by atoms with Crippen molar-refractivity contribution in [3.8, 4) is 0 Å². The van der Waals surface area contributed by atoms with Crippen LogP contribution in [0.1, 0.15) is 139 Å². The molecule has 9 heteroatoms. The minimum Gasteiger partial charge on any atom is -0.446 e. The van der Waals surface area contributed by atoms with E-state index in [2.05, 4.69) is 51.3 Å². The monoisotopic (exact) mass is 733 g/mol. The lowest BCUT2D eigenvalue weighted by atomic mass is 9.47. The molecular weight excluding hydrogens is 656 g/mol. The highest BCUT2D eigenvalue weighted by atomic mass is 16.6. The molecule has 2 amide bonds. The predicted molar refractivity (Wildman–Crippen MR) is 207 cm³/mol. The van der Waals surface area contributed by atoms with E-state index in [1.54, 1.807) is 5.57 Å². The number of nitrogens with one attached hydrogen (secondary N) is 2. The quantitative estimate of drug-likeness (QED) is 0.0950. The largest absolute Gasteiger partial charge is 0.446 e. The minimum atomic E-state index is -0.605.